The molecule has 1 saturated heterocycles. The van der Waals surface area contributed by atoms with E-state index in [9.17, 15) is 12.8 Å². The third-order valence-electron chi connectivity index (χ3n) is 2.41. The highest BCUT2D eigenvalue weighted by atomic mass is 32.2. The van der Waals surface area contributed by atoms with Crippen LogP contribution < -0.4 is 4.74 Å². The number of sulfonamides is 1. The summed E-state index contributed by atoms with van der Waals surface area (Å²) in [7, 11) is -2.45. The summed E-state index contributed by atoms with van der Waals surface area (Å²) >= 11 is 0. The largest absolute Gasteiger partial charge is 0.494 e. The molecule has 0 bridgehead atoms. The average molecular weight is 261 g/mol. The Bertz CT molecular complexity index is 511. The molecule has 0 atom stereocenters. The Kier molecular flexibility index (Phi) is 3.32. The van der Waals surface area contributed by atoms with E-state index >= 15 is 0 Å². The third-order valence-corrected chi connectivity index (χ3v) is 4.08. The topological polar surface area (TPSA) is 55.8 Å². The number of hydroxylamine groups is 1. The lowest BCUT2D eigenvalue weighted by molar-refractivity contribution is -0.0284. The first-order chi connectivity index (χ1) is 8.05. The molecule has 94 valence electrons. The van der Waals surface area contributed by atoms with Crippen molar-refractivity contribution in [1.82, 2.24) is 4.47 Å². The Labute approximate surface area is 98.8 Å². The van der Waals surface area contributed by atoms with E-state index in [1.54, 1.807) is 0 Å². The van der Waals surface area contributed by atoms with E-state index in [4.69, 9.17) is 9.57 Å². The Morgan fingerprint density at radius 3 is 2.76 bits per heavy atom. The average Bonchev–Trinajstić information content (AvgIpc) is 2.83. The van der Waals surface area contributed by atoms with Crippen molar-refractivity contribution in [3.8, 4) is 5.75 Å². The molecule has 0 radical (unpaired) electrons. The standard InChI is InChI=1S/C10H12FNO4S/c1-15-10-4-3-8(7-9(10)11)17(13,14)12-5-2-6-16-12/h3-4,7H,2,5-6H2,1H3. The summed E-state index contributed by atoms with van der Waals surface area (Å²) in [5.41, 5.74) is 0. The zero-order valence-electron chi connectivity index (χ0n) is 9.22. The number of rotatable bonds is 3. The fourth-order valence-electron chi connectivity index (χ4n) is 1.54. The van der Waals surface area contributed by atoms with E-state index in [-0.39, 0.29) is 17.2 Å². The highest BCUT2D eigenvalue weighted by molar-refractivity contribution is 7.89. The smallest absolute Gasteiger partial charge is 0.265 e. The summed E-state index contributed by atoms with van der Waals surface area (Å²) in [5.74, 6) is -0.709. The summed E-state index contributed by atoms with van der Waals surface area (Å²) in [5, 5.41) is 0. The molecule has 1 aliphatic rings. The molecule has 0 aliphatic carbocycles. The lowest BCUT2D eigenvalue weighted by atomic mass is 10.3. The molecule has 1 heterocycles. The van der Waals surface area contributed by atoms with E-state index in [1.807, 2.05) is 0 Å². The Hall–Kier alpha value is -1.18. The van der Waals surface area contributed by atoms with Gasteiger partial charge in [-0.2, -0.15) is 0 Å². The van der Waals surface area contributed by atoms with Crippen LogP contribution in [0.3, 0.4) is 0 Å². The molecule has 0 saturated carbocycles. The van der Waals surface area contributed by atoms with Crippen molar-refractivity contribution in [2.24, 2.45) is 0 Å². The van der Waals surface area contributed by atoms with Crippen LogP contribution >= 0.6 is 0 Å². The van der Waals surface area contributed by atoms with Gasteiger partial charge in [0.2, 0.25) is 0 Å². The van der Waals surface area contributed by atoms with E-state index in [0.29, 0.717) is 13.0 Å². The highest BCUT2D eigenvalue weighted by Crippen LogP contribution is 2.24. The number of methoxy groups -OCH3 is 1. The molecular formula is C10H12FNO4S. The second-order valence-electron chi connectivity index (χ2n) is 3.51. The van der Waals surface area contributed by atoms with Gasteiger partial charge in [-0.3, -0.25) is 4.84 Å². The van der Waals surface area contributed by atoms with Gasteiger partial charge in [-0.05, 0) is 24.6 Å². The number of hydrogen-bond donors (Lipinski definition) is 0. The maximum atomic E-state index is 13.4. The number of ether oxygens (including phenoxy) is 1. The van der Waals surface area contributed by atoms with E-state index in [0.717, 1.165) is 10.5 Å². The molecule has 2 rings (SSSR count). The minimum absolute atomic E-state index is 0.00582. The molecule has 17 heavy (non-hydrogen) atoms. The molecule has 5 nitrogen and oxygen atoms in total. The van der Waals surface area contributed by atoms with Gasteiger partial charge in [-0.25, -0.2) is 12.8 Å². The fourth-order valence-corrected chi connectivity index (χ4v) is 2.85. The van der Waals surface area contributed by atoms with Crippen molar-refractivity contribution in [2.75, 3.05) is 20.3 Å². The Morgan fingerprint density at radius 2 is 2.24 bits per heavy atom. The van der Waals surface area contributed by atoms with Gasteiger partial charge in [0.25, 0.3) is 10.0 Å². The van der Waals surface area contributed by atoms with Crippen molar-refractivity contribution in [3.05, 3.63) is 24.0 Å². The molecule has 0 amide bonds. The fraction of sp³-hybridized carbons (Fsp3) is 0.400. The van der Waals surface area contributed by atoms with Crippen LogP contribution in [0.4, 0.5) is 4.39 Å². The first-order valence-corrected chi connectivity index (χ1v) is 6.49. The molecule has 0 spiro atoms. The second-order valence-corrected chi connectivity index (χ2v) is 5.34. The number of benzene rings is 1. The first kappa shape index (κ1) is 12.3. The number of nitrogens with zero attached hydrogens (tertiary/aromatic N) is 1. The van der Waals surface area contributed by atoms with Gasteiger partial charge in [-0.1, -0.05) is 4.47 Å². The summed E-state index contributed by atoms with van der Waals surface area (Å²) in [6.45, 7) is 0.647. The zero-order chi connectivity index (χ0) is 12.5. The SMILES string of the molecule is COc1ccc(S(=O)(=O)N2CCCO2)cc1F. The quantitative estimate of drug-likeness (QED) is 0.819. The van der Waals surface area contributed by atoms with E-state index in [1.165, 1.54) is 19.2 Å². The molecule has 1 aromatic rings. The van der Waals surface area contributed by atoms with Gasteiger partial charge < -0.3 is 4.74 Å². The van der Waals surface area contributed by atoms with Crippen molar-refractivity contribution >= 4 is 10.0 Å². The van der Waals surface area contributed by atoms with Crippen molar-refractivity contribution < 1.29 is 22.4 Å². The predicted molar refractivity (Wildman–Crippen MR) is 57.4 cm³/mol. The first-order valence-electron chi connectivity index (χ1n) is 5.05. The molecule has 0 aromatic heterocycles. The van der Waals surface area contributed by atoms with Gasteiger partial charge in [0.05, 0.1) is 18.6 Å². The van der Waals surface area contributed by atoms with Gasteiger partial charge >= 0.3 is 0 Å². The third kappa shape index (κ3) is 2.26. The molecular weight excluding hydrogens is 249 g/mol. The van der Waals surface area contributed by atoms with Crippen LogP contribution in [0.2, 0.25) is 0 Å². The maximum absolute atomic E-state index is 13.4. The molecule has 1 aliphatic heterocycles. The minimum Gasteiger partial charge on any atom is -0.494 e. The number of halogens is 1. The lowest BCUT2D eigenvalue weighted by Crippen LogP contribution is -2.26. The highest BCUT2D eigenvalue weighted by Gasteiger charge is 2.29. The summed E-state index contributed by atoms with van der Waals surface area (Å²) in [6.07, 6.45) is 0.637. The lowest BCUT2D eigenvalue weighted by Gasteiger charge is -2.14. The second kappa shape index (κ2) is 4.59. The molecule has 7 heteroatoms. The van der Waals surface area contributed by atoms with Crippen molar-refractivity contribution in [2.45, 2.75) is 11.3 Å². The van der Waals surface area contributed by atoms with Crippen LogP contribution in [0, 0.1) is 5.82 Å². The molecule has 0 N–H and O–H groups in total. The van der Waals surface area contributed by atoms with E-state index in [2.05, 4.69) is 0 Å². The summed E-state index contributed by atoms with van der Waals surface area (Å²) in [4.78, 5) is 4.82. The monoisotopic (exact) mass is 261 g/mol. The molecule has 0 unspecified atom stereocenters. The normalized spacial score (nSPS) is 17.3. The predicted octanol–water partition coefficient (Wildman–Crippen LogP) is 1.16. The zero-order valence-corrected chi connectivity index (χ0v) is 10.0. The van der Waals surface area contributed by atoms with Crippen LogP contribution in [0.5, 0.6) is 5.75 Å². The summed E-state index contributed by atoms with van der Waals surface area (Å²) < 4.78 is 43.0. The Balaban J connectivity index is 2.36. The van der Waals surface area contributed by atoms with Crippen molar-refractivity contribution in [1.29, 1.82) is 0 Å². The van der Waals surface area contributed by atoms with Crippen LogP contribution in [0.25, 0.3) is 0 Å². The van der Waals surface area contributed by atoms with Crippen LogP contribution in [0.15, 0.2) is 23.1 Å². The van der Waals surface area contributed by atoms with Gasteiger partial charge in [0, 0.05) is 6.54 Å². The molecule has 1 aromatic carbocycles. The van der Waals surface area contributed by atoms with Gasteiger partial charge in [0.15, 0.2) is 11.6 Å². The van der Waals surface area contributed by atoms with Gasteiger partial charge in [0.1, 0.15) is 0 Å². The van der Waals surface area contributed by atoms with Gasteiger partial charge in [-0.15, -0.1) is 0 Å². The molecule has 1 fully saturated rings. The number of hydrogen-bond acceptors (Lipinski definition) is 4. The van der Waals surface area contributed by atoms with E-state index < -0.39 is 15.8 Å². The Morgan fingerprint density at radius 1 is 1.47 bits per heavy atom. The summed E-state index contributed by atoms with van der Waals surface area (Å²) in [6, 6.07) is 3.49. The van der Waals surface area contributed by atoms with Crippen LogP contribution in [-0.4, -0.2) is 33.1 Å². The van der Waals surface area contributed by atoms with Crippen molar-refractivity contribution in [3.63, 3.8) is 0 Å². The maximum Gasteiger partial charge on any atom is 0.265 e. The van der Waals surface area contributed by atoms with Crippen LogP contribution in [0.1, 0.15) is 6.42 Å². The minimum atomic E-state index is -3.77. The van der Waals surface area contributed by atoms with Crippen LogP contribution in [-0.2, 0) is 14.9 Å².